The van der Waals surface area contributed by atoms with Crippen LogP contribution in [0.1, 0.15) is 19.2 Å². The molecule has 0 aliphatic carbocycles. The van der Waals surface area contributed by atoms with Crippen LogP contribution in [0.2, 0.25) is 5.15 Å². The number of esters is 1. The summed E-state index contributed by atoms with van der Waals surface area (Å²) in [5.41, 5.74) is 0.612. The second-order valence-electron chi connectivity index (χ2n) is 5.99. The predicted molar refractivity (Wildman–Crippen MR) is 104 cm³/mol. The summed E-state index contributed by atoms with van der Waals surface area (Å²) < 4.78 is 5.13. The molecule has 0 saturated heterocycles. The molecule has 1 atom stereocenters. The molecule has 2 heterocycles. The standard InChI is InChI=1S/C19H17ClN4O4/c1-11(18(26)23-14-7-4-10-21-17(14)20)28-16(25)9-8-15-22-13-6-3-2-5-12(13)19(27)24-15/h2-7,10-11H,8-9H2,1H3,(H,23,26)(H,22,24,27)/t11-/m1/s1. The smallest absolute Gasteiger partial charge is 0.307 e. The second-order valence-corrected chi connectivity index (χ2v) is 6.35. The van der Waals surface area contributed by atoms with Crippen molar-refractivity contribution in [3.8, 4) is 0 Å². The van der Waals surface area contributed by atoms with Crippen LogP contribution in [0, 0.1) is 0 Å². The van der Waals surface area contributed by atoms with E-state index in [2.05, 4.69) is 20.3 Å². The zero-order valence-corrected chi connectivity index (χ0v) is 15.7. The van der Waals surface area contributed by atoms with Gasteiger partial charge in [0.1, 0.15) is 5.82 Å². The van der Waals surface area contributed by atoms with Gasteiger partial charge in [-0.1, -0.05) is 23.7 Å². The average Bonchev–Trinajstić information content (AvgIpc) is 2.68. The van der Waals surface area contributed by atoms with E-state index in [-0.39, 0.29) is 23.6 Å². The van der Waals surface area contributed by atoms with Crippen molar-refractivity contribution in [3.05, 3.63) is 63.9 Å². The van der Waals surface area contributed by atoms with Crippen LogP contribution in [-0.2, 0) is 20.7 Å². The summed E-state index contributed by atoms with van der Waals surface area (Å²) in [7, 11) is 0. The van der Waals surface area contributed by atoms with Crippen LogP contribution in [0.25, 0.3) is 10.9 Å². The quantitative estimate of drug-likeness (QED) is 0.485. The molecule has 28 heavy (non-hydrogen) atoms. The molecule has 0 aliphatic heterocycles. The van der Waals surface area contributed by atoms with Gasteiger partial charge in [0.25, 0.3) is 11.5 Å². The first-order chi connectivity index (χ1) is 13.4. The summed E-state index contributed by atoms with van der Waals surface area (Å²) in [6.07, 6.45) is 0.619. The van der Waals surface area contributed by atoms with Gasteiger partial charge in [-0.05, 0) is 31.2 Å². The predicted octanol–water partition coefficient (Wildman–Crippen LogP) is 2.47. The number of halogens is 1. The van der Waals surface area contributed by atoms with Crippen LogP contribution in [0.15, 0.2) is 47.4 Å². The Bertz CT molecular complexity index is 1080. The van der Waals surface area contributed by atoms with Gasteiger partial charge < -0.3 is 15.0 Å². The number of para-hydroxylation sites is 1. The highest BCUT2D eigenvalue weighted by atomic mass is 35.5. The summed E-state index contributed by atoms with van der Waals surface area (Å²) >= 11 is 5.88. The Balaban J connectivity index is 1.56. The van der Waals surface area contributed by atoms with Gasteiger partial charge in [0, 0.05) is 12.6 Å². The largest absolute Gasteiger partial charge is 0.453 e. The minimum atomic E-state index is -1.02. The number of ether oxygens (including phenoxy) is 1. The first-order valence-electron chi connectivity index (χ1n) is 8.53. The Morgan fingerprint density at radius 2 is 2.04 bits per heavy atom. The molecule has 8 nitrogen and oxygen atoms in total. The lowest BCUT2D eigenvalue weighted by molar-refractivity contribution is -0.153. The maximum Gasteiger partial charge on any atom is 0.307 e. The molecule has 2 N–H and O–H groups in total. The van der Waals surface area contributed by atoms with Crippen molar-refractivity contribution >= 4 is 40.1 Å². The molecule has 0 fully saturated rings. The normalized spacial score (nSPS) is 11.8. The summed E-state index contributed by atoms with van der Waals surface area (Å²) in [6, 6.07) is 10.1. The number of aromatic nitrogens is 3. The third kappa shape index (κ3) is 4.72. The molecule has 1 aromatic carbocycles. The number of carbonyl (C=O) groups excluding carboxylic acids is 2. The van der Waals surface area contributed by atoms with Crippen LogP contribution in [0.3, 0.4) is 0 Å². The molecule has 0 bridgehead atoms. The minimum Gasteiger partial charge on any atom is -0.453 e. The van der Waals surface area contributed by atoms with E-state index in [9.17, 15) is 14.4 Å². The zero-order valence-electron chi connectivity index (χ0n) is 14.9. The number of fused-ring (bicyclic) bond motifs is 1. The maximum absolute atomic E-state index is 12.1. The fourth-order valence-corrected chi connectivity index (χ4v) is 2.66. The topological polar surface area (TPSA) is 114 Å². The number of hydrogen-bond donors (Lipinski definition) is 2. The highest BCUT2D eigenvalue weighted by Crippen LogP contribution is 2.18. The van der Waals surface area contributed by atoms with Crippen molar-refractivity contribution in [2.45, 2.75) is 25.9 Å². The number of benzene rings is 1. The number of nitrogens with zero attached hydrogens (tertiary/aromatic N) is 2. The van der Waals surface area contributed by atoms with Crippen molar-refractivity contribution < 1.29 is 14.3 Å². The number of aromatic amines is 1. The van der Waals surface area contributed by atoms with Crippen molar-refractivity contribution in [1.29, 1.82) is 0 Å². The summed E-state index contributed by atoms with van der Waals surface area (Å²) in [6.45, 7) is 1.45. The molecule has 0 radical (unpaired) electrons. The van der Waals surface area contributed by atoms with Crippen molar-refractivity contribution in [1.82, 2.24) is 15.0 Å². The number of hydrogen-bond acceptors (Lipinski definition) is 6. The monoisotopic (exact) mass is 400 g/mol. The third-order valence-electron chi connectivity index (χ3n) is 3.92. The molecular weight excluding hydrogens is 384 g/mol. The Morgan fingerprint density at radius 1 is 1.25 bits per heavy atom. The SMILES string of the molecule is C[C@@H](OC(=O)CCc1nc2ccccc2c(=O)[nH]1)C(=O)Nc1cccnc1Cl. The molecule has 0 unspecified atom stereocenters. The second kappa shape index (κ2) is 8.62. The van der Waals surface area contributed by atoms with Crippen LogP contribution in [0.5, 0.6) is 0 Å². The molecule has 0 saturated carbocycles. The number of rotatable bonds is 6. The first-order valence-corrected chi connectivity index (χ1v) is 8.90. The van der Waals surface area contributed by atoms with Crippen LogP contribution in [0.4, 0.5) is 5.69 Å². The van der Waals surface area contributed by atoms with Gasteiger partial charge in [0.15, 0.2) is 11.3 Å². The number of aryl methyl sites for hydroxylation is 1. The van der Waals surface area contributed by atoms with Gasteiger partial charge in [-0.3, -0.25) is 14.4 Å². The van der Waals surface area contributed by atoms with Gasteiger partial charge in [-0.2, -0.15) is 0 Å². The van der Waals surface area contributed by atoms with E-state index < -0.39 is 18.0 Å². The molecule has 0 spiro atoms. The number of nitrogens with one attached hydrogen (secondary N) is 2. The molecule has 144 valence electrons. The van der Waals surface area contributed by atoms with Crippen molar-refractivity contribution in [2.75, 3.05) is 5.32 Å². The summed E-state index contributed by atoms with van der Waals surface area (Å²) in [5, 5.41) is 3.17. The zero-order chi connectivity index (χ0) is 20.1. The Kier molecular flexibility index (Phi) is 6.00. The lowest BCUT2D eigenvalue weighted by atomic mass is 10.2. The van der Waals surface area contributed by atoms with Crippen LogP contribution < -0.4 is 10.9 Å². The number of H-pyrrole nitrogens is 1. The Labute approximate surface area is 164 Å². The molecular formula is C19H17ClN4O4. The molecule has 3 aromatic rings. The van der Waals surface area contributed by atoms with Gasteiger partial charge in [0.05, 0.1) is 23.0 Å². The fraction of sp³-hybridized carbons (Fsp3) is 0.211. The lowest BCUT2D eigenvalue weighted by Gasteiger charge is -2.14. The van der Waals surface area contributed by atoms with E-state index >= 15 is 0 Å². The Morgan fingerprint density at radius 3 is 2.82 bits per heavy atom. The molecule has 1 amide bonds. The maximum atomic E-state index is 12.1. The van der Waals surface area contributed by atoms with E-state index in [1.807, 2.05) is 0 Å². The van der Waals surface area contributed by atoms with E-state index in [0.717, 1.165) is 0 Å². The average molecular weight is 401 g/mol. The van der Waals surface area contributed by atoms with E-state index in [4.69, 9.17) is 16.3 Å². The van der Waals surface area contributed by atoms with Gasteiger partial charge in [-0.25, -0.2) is 9.97 Å². The van der Waals surface area contributed by atoms with E-state index in [0.29, 0.717) is 22.4 Å². The molecule has 0 aliphatic rings. The lowest BCUT2D eigenvalue weighted by Crippen LogP contribution is -2.30. The highest BCUT2D eigenvalue weighted by molar-refractivity contribution is 6.32. The summed E-state index contributed by atoms with van der Waals surface area (Å²) in [4.78, 5) is 47.0. The number of pyridine rings is 1. The van der Waals surface area contributed by atoms with Crippen molar-refractivity contribution in [2.24, 2.45) is 0 Å². The van der Waals surface area contributed by atoms with Gasteiger partial charge in [-0.15, -0.1) is 0 Å². The fourth-order valence-electron chi connectivity index (χ4n) is 2.50. The van der Waals surface area contributed by atoms with Crippen LogP contribution in [-0.4, -0.2) is 32.9 Å². The number of amides is 1. The highest BCUT2D eigenvalue weighted by Gasteiger charge is 2.19. The van der Waals surface area contributed by atoms with E-state index in [1.54, 1.807) is 36.4 Å². The first kappa shape index (κ1) is 19.5. The van der Waals surface area contributed by atoms with Gasteiger partial charge >= 0.3 is 5.97 Å². The summed E-state index contributed by atoms with van der Waals surface area (Å²) in [5.74, 6) is -0.740. The molecule has 3 rings (SSSR count). The van der Waals surface area contributed by atoms with E-state index in [1.165, 1.54) is 13.1 Å². The van der Waals surface area contributed by atoms with Crippen LogP contribution >= 0.6 is 11.6 Å². The minimum absolute atomic E-state index is 0.0352. The van der Waals surface area contributed by atoms with Gasteiger partial charge in [0.2, 0.25) is 0 Å². The number of carbonyl (C=O) groups is 2. The van der Waals surface area contributed by atoms with Crippen molar-refractivity contribution in [3.63, 3.8) is 0 Å². The molecule has 2 aromatic heterocycles. The Hall–Kier alpha value is -3.26. The third-order valence-corrected chi connectivity index (χ3v) is 4.22. The number of anilines is 1. The molecule has 9 heteroatoms.